The Bertz CT molecular complexity index is 1000. The molecular formula is C22H23ClN4O3. The van der Waals surface area contributed by atoms with Crippen molar-refractivity contribution in [3.8, 4) is 5.69 Å². The number of nitrogens with one attached hydrogen (secondary N) is 2. The molecule has 0 saturated heterocycles. The molecule has 2 amide bonds. The quantitative estimate of drug-likeness (QED) is 0.520. The maximum Gasteiger partial charge on any atom is 0.407 e. The number of nitrogens with zero attached hydrogens (tertiary/aromatic N) is 2. The number of anilines is 1. The maximum absolute atomic E-state index is 12.3. The predicted molar refractivity (Wildman–Crippen MR) is 116 cm³/mol. The monoisotopic (exact) mass is 426 g/mol. The fourth-order valence-corrected chi connectivity index (χ4v) is 3.00. The molecule has 0 atom stereocenters. The van der Waals surface area contributed by atoms with Crippen LogP contribution in [0.5, 0.6) is 0 Å². The van der Waals surface area contributed by atoms with Gasteiger partial charge in [0.2, 0.25) is 5.91 Å². The number of aromatic nitrogens is 2. The summed E-state index contributed by atoms with van der Waals surface area (Å²) in [4.78, 5) is 24.0. The molecule has 2 N–H and O–H groups in total. The number of aryl methyl sites for hydroxylation is 1. The molecule has 0 fully saturated rings. The first-order valence-electron chi connectivity index (χ1n) is 9.58. The van der Waals surface area contributed by atoms with Gasteiger partial charge in [0.05, 0.1) is 11.4 Å². The number of hydrogen-bond donors (Lipinski definition) is 2. The first kappa shape index (κ1) is 21.4. The zero-order valence-corrected chi connectivity index (χ0v) is 17.4. The highest BCUT2D eigenvalue weighted by atomic mass is 35.5. The minimum Gasteiger partial charge on any atom is -0.445 e. The predicted octanol–water partition coefficient (Wildman–Crippen LogP) is 4.48. The van der Waals surface area contributed by atoms with Gasteiger partial charge in [-0.1, -0.05) is 48.0 Å². The smallest absolute Gasteiger partial charge is 0.407 e. The van der Waals surface area contributed by atoms with Crippen LogP contribution in [0.4, 0.5) is 10.6 Å². The molecule has 0 aliphatic carbocycles. The lowest BCUT2D eigenvalue weighted by atomic mass is 10.2. The topological polar surface area (TPSA) is 85.3 Å². The van der Waals surface area contributed by atoms with E-state index < -0.39 is 6.09 Å². The third-order valence-electron chi connectivity index (χ3n) is 4.21. The Kier molecular flexibility index (Phi) is 7.45. The van der Waals surface area contributed by atoms with Gasteiger partial charge in [0.1, 0.15) is 12.4 Å². The molecule has 0 aliphatic heterocycles. The number of carbonyl (C=O) groups excluding carboxylic acids is 2. The van der Waals surface area contributed by atoms with Crippen LogP contribution in [0, 0.1) is 6.92 Å². The van der Waals surface area contributed by atoms with Crippen LogP contribution in [0.1, 0.15) is 24.1 Å². The van der Waals surface area contributed by atoms with Gasteiger partial charge in [-0.2, -0.15) is 5.10 Å². The highest BCUT2D eigenvalue weighted by Gasteiger charge is 2.11. The van der Waals surface area contributed by atoms with Crippen LogP contribution in [-0.2, 0) is 16.1 Å². The van der Waals surface area contributed by atoms with Crippen molar-refractivity contribution in [2.24, 2.45) is 0 Å². The van der Waals surface area contributed by atoms with Gasteiger partial charge in [-0.05, 0) is 37.1 Å². The first-order chi connectivity index (χ1) is 14.5. The van der Waals surface area contributed by atoms with E-state index in [9.17, 15) is 9.59 Å². The zero-order chi connectivity index (χ0) is 21.3. The first-order valence-corrected chi connectivity index (χ1v) is 9.96. The average Bonchev–Trinajstić information content (AvgIpc) is 3.10. The molecule has 8 heteroatoms. The molecule has 0 unspecified atom stereocenters. The molecule has 3 rings (SSSR count). The Morgan fingerprint density at radius 3 is 2.67 bits per heavy atom. The van der Waals surface area contributed by atoms with Crippen LogP contribution in [-0.4, -0.2) is 28.3 Å². The van der Waals surface area contributed by atoms with Gasteiger partial charge < -0.3 is 15.4 Å². The van der Waals surface area contributed by atoms with E-state index in [0.29, 0.717) is 23.8 Å². The van der Waals surface area contributed by atoms with Gasteiger partial charge in [0.15, 0.2) is 0 Å². The molecule has 0 radical (unpaired) electrons. The summed E-state index contributed by atoms with van der Waals surface area (Å²) in [5.74, 6) is 0.396. The van der Waals surface area contributed by atoms with Crippen LogP contribution in [0.25, 0.3) is 5.69 Å². The molecule has 7 nitrogen and oxygen atoms in total. The van der Waals surface area contributed by atoms with E-state index in [1.54, 1.807) is 22.9 Å². The van der Waals surface area contributed by atoms with Crippen molar-refractivity contribution in [2.75, 3.05) is 11.9 Å². The maximum atomic E-state index is 12.3. The van der Waals surface area contributed by atoms with Crippen molar-refractivity contribution in [3.63, 3.8) is 0 Å². The fourth-order valence-electron chi connectivity index (χ4n) is 2.81. The van der Waals surface area contributed by atoms with Gasteiger partial charge in [-0.15, -0.1) is 0 Å². The zero-order valence-electron chi connectivity index (χ0n) is 16.6. The highest BCUT2D eigenvalue weighted by molar-refractivity contribution is 6.30. The minimum absolute atomic E-state index is 0.169. The third-order valence-corrected chi connectivity index (χ3v) is 4.45. The third kappa shape index (κ3) is 6.35. The molecule has 0 bridgehead atoms. The van der Waals surface area contributed by atoms with Crippen molar-refractivity contribution < 1.29 is 14.3 Å². The number of amides is 2. The van der Waals surface area contributed by atoms with E-state index in [0.717, 1.165) is 16.9 Å². The van der Waals surface area contributed by atoms with E-state index in [-0.39, 0.29) is 18.9 Å². The number of rotatable bonds is 8. The van der Waals surface area contributed by atoms with Crippen molar-refractivity contribution in [1.82, 2.24) is 15.1 Å². The Balaban J connectivity index is 1.42. The molecular weight excluding hydrogens is 404 g/mol. The van der Waals surface area contributed by atoms with Gasteiger partial charge in [0, 0.05) is 24.1 Å². The average molecular weight is 427 g/mol. The Morgan fingerprint density at radius 1 is 1.10 bits per heavy atom. The summed E-state index contributed by atoms with van der Waals surface area (Å²) in [6, 6.07) is 18.5. The lowest BCUT2D eigenvalue weighted by Crippen LogP contribution is -2.26. The van der Waals surface area contributed by atoms with E-state index in [4.69, 9.17) is 16.3 Å². The van der Waals surface area contributed by atoms with Crippen LogP contribution in [0.3, 0.4) is 0 Å². The SMILES string of the molecule is Cc1cc(NC(=O)CCCNC(=O)OCc2ccccc2)n(-c2cccc(Cl)c2)n1. The van der Waals surface area contributed by atoms with Gasteiger partial charge in [-0.25, -0.2) is 9.48 Å². The lowest BCUT2D eigenvalue weighted by molar-refractivity contribution is -0.116. The summed E-state index contributed by atoms with van der Waals surface area (Å²) in [7, 11) is 0. The molecule has 30 heavy (non-hydrogen) atoms. The number of alkyl carbamates (subject to hydrolysis) is 1. The van der Waals surface area contributed by atoms with Crippen LogP contribution < -0.4 is 10.6 Å². The summed E-state index contributed by atoms with van der Waals surface area (Å²) < 4.78 is 6.77. The summed E-state index contributed by atoms with van der Waals surface area (Å²) in [6.07, 6.45) is 0.226. The highest BCUT2D eigenvalue weighted by Crippen LogP contribution is 2.20. The minimum atomic E-state index is -0.506. The van der Waals surface area contributed by atoms with Gasteiger partial charge >= 0.3 is 6.09 Å². The van der Waals surface area contributed by atoms with Crippen molar-refractivity contribution >= 4 is 29.4 Å². The molecule has 0 spiro atoms. The van der Waals surface area contributed by atoms with Crippen molar-refractivity contribution in [3.05, 3.63) is 76.9 Å². The van der Waals surface area contributed by atoms with Crippen molar-refractivity contribution in [1.29, 1.82) is 0 Å². The largest absolute Gasteiger partial charge is 0.445 e. The molecule has 0 aliphatic rings. The second kappa shape index (κ2) is 10.5. The van der Waals surface area contributed by atoms with E-state index in [1.807, 2.05) is 49.4 Å². The van der Waals surface area contributed by atoms with Crippen LogP contribution in [0.15, 0.2) is 60.7 Å². The Hall–Kier alpha value is -3.32. The lowest BCUT2D eigenvalue weighted by Gasteiger charge is -2.10. The van der Waals surface area contributed by atoms with E-state index >= 15 is 0 Å². The molecule has 2 aromatic carbocycles. The van der Waals surface area contributed by atoms with Crippen LogP contribution in [0.2, 0.25) is 5.02 Å². The molecule has 1 aromatic heterocycles. The number of carbonyl (C=O) groups is 2. The fraction of sp³-hybridized carbons (Fsp3) is 0.227. The number of benzene rings is 2. The summed E-state index contributed by atoms with van der Waals surface area (Å²) in [5, 5.41) is 10.5. The standard InChI is InChI=1S/C22H23ClN4O3/c1-16-13-20(27(26-16)19-10-5-9-18(23)14-19)25-21(28)11-6-12-24-22(29)30-15-17-7-3-2-4-8-17/h2-5,7-10,13-14H,6,11-12,15H2,1H3,(H,24,29)(H,25,28). The Morgan fingerprint density at radius 2 is 1.90 bits per heavy atom. The summed E-state index contributed by atoms with van der Waals surface area (Å²) in [5.41, 5.74) is 2.44. The molecule has 156 valence electrons. The second-order valence-corrected chi connectivity index (χ2v) is 7.14. The molecule has 3 aromatic rings. The van der Waals surface area contributed by atoms with Crippen molar-refractivity contribution in [2.45, 2.75) is 26.4 Å². The molecule has 0 saturated carbocycles. The van der Waals surface area contributed by atoms with E-state index in [1.165, 1.54) is 0 Å². The normalized spacial score (nSPS) is 10.5. The summed E-state index contributed by atoms with van der Waals surface area (Å²) >= 11 is 6.05. The molecule has 1 heterocycles. The van der Waals surface area contributed by atoms with Crippen LogP contribution >= 0.6 is 11.6 Å². The number of hydrogen-bond acceptors (Lipinski definition) is 4. The van der Waals surface area contributed by atoms with Gasteiger partial charge in [0.25, 0.3) is 0 Å². The Labute approximate surface area is 180 Å². The number of ether oxygens (including phenoxy) is 1. The second-order valence-electron chi connectivity index (χ2n) is 6.70. The number of halogens is 1. The van der Waals surface area contributed by atoms with Gasteiger partial charge in [-0.3, -0.25) is 4.79 Å². The summed E-state index contributed by atoms with van der Waals surface area (Å²) in [6.45, 7) is 2.40. The van der Waals surface area contributed by atoms with E-state index in [2.05, 4.69) is 15.7 Å².